The minimum absolute atomic E-state index is 0.0413. The van der Waals surface area contributed by atoms with E-state index in [0.717, 1.165) is 0 Å². The number of fused-ring (bicyclic) bond motifs is 3. The number of carbonyl (C=O) groups excluding carboxylic acids is 1. The molecule has 150 valence electrons. The van der Waals surface area contributed by atoms with E-state index in [2.05, 4.69) is 41.4 Å². The summed E-state index contributed by atoms with van der Waals surface area (Å²) in [6, 6.07) is 21.1. The highest BCUT2D eigenvalue weighted by Gasteiger charge is 2.28. The molecule has 0 saturated carbocycles. The van der Waals surface area contributed by atoms with Gasteiger partial charge in [-0.15, -0.1) is 0 Å². The van der Waals surface area contributed by atoms with E-state index in [-0.39, 0.29) is 18.3 Å². The molecule has 0 heterocycles. The molecule has 0 radical (unpaired) electrons. The second-order valence-electron chi connectivity index (χ2n) is 6.97. The van der Waals surface area contributed by atoms with E-state index in [4.69, 9.17) is 16.3 Å². The van der Waals surface area contributed by atoms with Gasteiger partial charge in [0.05, 0.1) is 5.02 Å². The van der Waals surface area contributed by atoms with Crippen LogP contribution in [0.25, 0.3) is 11.1 Å². The molecule has 0 saturated heterocycles. The number of benzene rings is 3. The van der Waals surface area contributed by atoms with Gasteiger partial charge in [-0.3, -0.25) is 0 Å². The predicted octanol–water partition coefficient (Wildman–Crippen LogP) is 5.33. The van der Waals surface area contributed by atoms with Crippen LogP contribution < -0.4 is 5.32 Å². The first kappa shape index (κ1) is 19.9. The fourth-order valence-electron chi connectivity index (χ4n) is 3.64. The lowest BCUT2D eigenvalue weighted by Gasteiger charge is -2.14. The van der Waals surface area contributed by atoms with E-state index in [1.807, 2.05) is 24.3 Å². The summed E-state index contributed by atoms with van der Waals surface area (Å²) in [4.78, 5) is 12.1. The maximum atomic E-state index is 12.1. The van der Waals surface area contributed by atoms with Gasteiger partial charge in [0.1, 0.15) is 12.4 Å². The van der Waals surface area contributed by atoms with Crippen LogP contribution in [0.3, 0.4) is 0 Å². The topological polar surface area (TPSA) is 58.6 Å². The molecule has 3 aromatic carbocycles. The zero-order chi connectivity index (χ0) is 20.9. The Morgan fingerprint density at radius 3 is 2.37 bits per heavy atom. The Morgan fingerprint density at radius 2 is 1.70 bits per heavy atom. The smallest absolute Gasteiger partial charge is 0.407 e. The highest BCUT2D eigenvalue weighted by atomic mass is 35.5. The highest BCUT2D eigenvalue weighted by Crippen LogP contribution is 2.44. The van der Waals surface area contributed by atoms with Crippen molar-refractivity contribution in [1.82, 2.24) is 5.32 Å². The molecule has 0 aliphatic heterocycles. The first-order valence-electron chi connectivity index (χ1n) is 9.69. The van der Waals surface area contributed by atoms with Gasteiger partial charge in [-0.2, -0.15) is 0 Å². The number of rotatable bonds is 4. The Bertz CT molecular complexity index is 1100. The average Bonchev–Trinajstić information content (AvgIpc) is 3.07. The molecule has 0 aromatic heterocycles. The van der Waals surface area contributed by atoms with Crippen LogP contribution in [0.2, 0.25) is 5.02 Å². The largest absolute Gasteiger partial charge is 0.508 e. The van der Waals surface area contributed by atoms with Gasteiger partial charge in [-0.25, -0.2) is 4.79 Å². The van der Waals surface area contributed by atoms with E-state index in [9.17, 15) is 9.90 Å². The SMILES string of the molecule is O=C(NCCC#Cc1ccc(O)cc1Cl)OCC1c2ccccc2-c2ccccc21. The summed E-state index contributed by atoms with van der Waals surface area (Å²) >= 11 is 6.02. The van der Waals surface area contributed by atoms with Crippen LogP contribution in [0.4, 0.5) is 4.79 Å². The lowest BCUT2D eigenvalue weighted by Crippen LogP contribution is -2.26. The summed E-state index contributed by atoms with van der Waals surface area (Å²) in [5.74, 6) is 6.02. The van der Waals surface area contributed by atoms with Crippen molar-refractivity contribution in [2.75, 3.05) is 13.2 Å². The molecule has 0 bridgehead atoms. The molecule has 5 heteroatoms. The zero-order valence-corrected chi connectivity index (χ0v) is 16.9. The van der Waals surface area contributed by atoms with Crippen molar-refractivity contribution in [1.29, 1.82) is 0 Å². The fraction of sp³-hybridized carbons (Fsp3) is 0.160. The van der Waals surface area contributed by atoms with E-state index in [0.29, 0.717) is 23.6 Å². The molecular formula is C25H20ClNO3. The van der Waals surface area contributed by atoms with Gasteiger partial charge in [0.25, 0.3) is 0 Å². The lowest BCUT2D eigenvalue weighted by atomic mass is 9.98. The maximum Gasteiger partial charge on any atom is 0.407 e. The van der Waals surface area contributed by atoms with Crippen molar-refractivity contribution in [3.8, 4) is 28.7 Å². The number of alkyl carbamates (subject to hydrolysis) is 1. The molecule has 0 atom stereocenters. The first-order chi connectivity index (χ1) is 14.6. The molecule has 3 aromatic rings. The third-order valence-electron chi connectivity index (χ3n) is 5.04. The Morgan fingerprint density at radius 1 is 1.03 bits per heavy atom. The highest BCUT2D eigenvalue weighted by molar-refractivity contribution is 6.31. The molecule has 0 unspecified atom stereocenters. The average molecular weight is 418 g/mol. The predicted molar refractivity (Wildman–Crippen MR) is 118 cm³/mol. The summed E-state index contributed by atoms with van der Waals surface area (Å²) in [6.07, 6.45) is 0.00262. The standard InChI is InChI=1S/C25H20ClNO3/c26-24-15-18(28)13-12-17(24)7-5-6-14-27-25(29)30-16-23-21-10-3-1-8-19(21)20-9-2-4-11-22(20)23/h1-4,8-13,15,23,28H,6,14,16H2,(H,27,29). The third-order valence-corrected chi connectivity index (χ3v) is 5.35. The first-order valence-corrected chi connectivity index (χ1v) is 10.1. The molecule has 0 spiro atoms. The number of ether oxygens (including phenoxy) is 1. The van der Waals surface area contributed by atoms with Crippen molar-refractivity contribution in [3.63, 3.8) is 0 Å². The minimum atomic E-state index is -0.457. The Labute approximate surface area is 180 Å². The maximum absolute atomic E-state index is 12.1. The van der Waals surface area contributed by atoms with E-state index in [1.165, 1.54) is 34.4 Å². The van der Waals surface area contributed by atoms with Crippen molar-refractivity contribution in [2.24, 2.45) is 0 Å². The molecule has 1 aliphatic carbocycles. The summed E-state index contributed by atoms with van der Waals surface area (Å²) in [5.41, 5.74) is 5.40. The van der Waals surface area contributed by atoms with Crippen LogP contribution in [0.5, 0.6) is 5.75 Å². The van der Waals surface area contributed by atoms with Crippen LogP contribution in [-0.2, 0) is 4.74 Å². The van der Waals surface area contributed by atoms with Gasteiger partial charge in [0.15, 0.2) is 0 Å². The zero-order valence-electron chi connectivity index (χ0n) is 16.2. The molecule has 30 heavy (non-hydrogen) atoms. The number of hydrogen-bond donors (Lipinski definition) is 2. The number of amides is 1. The van der Waals surface area contributed by atoms with Gasteiger partial charge in [-0.05, 0) is 40.5 Å². The third kappa shape index (κ3) is 4.27. The number of phenols is 1. The normalized spacial score (nSPS) is 11.8. The second-order valence-corrected chi connectivity index (χ2v) is 7.38. The molecule has 0 fully saturated rings. The molecule has 4 nitrogen and oxygen atoms in total. The number of hydrogen-bond acceptors (Lipinski definition) is 3. The Kier molecular flexibility index (Phi) is 5.92. The monoisotopic (exact) mass is 417 g/mol. The van der Waals surface area contributed by atoms with E-state index >= 15 is 0 Å². The van der Waals surface area contributed by atoms with Crippen LogP contribution in [0.15, 0.2) is 66.7 Å². The van der Waals surface area contributed by atoms with Gasteiger partial charge >= 0.3 is 6.09 Å². The number of nitrogens with one attached hydrogen (secondary N) is 1. The van der Waals surface area contributed by atoms with Crippen LogP contribution in [-0.4, -0.2) is 24.4 Å². The molecule has 1 amide bonds. The fourth-order valence-corrected chi connectivity index (χ4v) is 3.86. The van der Waals surface area contributed by atoms with E-state index < -0.39 is 6.09 Å². The van der Waals surface area contributed by atoms with Crippen LogP contribution in [0, 0.1) is 11.8 Å². The molecule has 2 N–H and O–H groups in total. The summed E-state index contributed by atoms with van der Waals surface area (Å²) < 4.78 is 5.49. The van der Waals surface area contributed by atoms with Gasteiger partial charge in [-0.1, -0.05) is 72.0 Å². The van der Waals surface area contributed by atoms with Crippen LogP contribution >= 0.6 is 11.6 Å². The Hall–Kier alpha value is -3.42. The molecule has 4 rings (SSSR count). The number of phenolic OH excluding ortho intramolecular Hbond substituents is 1. The molecule has 1 aliphatic rings. The second kappa shape index (κ2) is 8.94. The van der Waals surface area contributed by atoms with Gasteiger partial charge in [0, 0.05) is 24.4 Å². The van der Waals surface area contributed by atoms with Gasteiger partial charge < -0.3 is 15.2 Å². The quantitative estimate of drug-likeness (QED) is 0.445. The van der Waals surface area contributed by atoms with Crippen LogP contribution in [0.1, 0.15) is 29.0 Å². The summed E-state index contributed by atoms with van der Waals surface area (Å²) in [7, 11) is 0. The van der Waals surface area contributed by atoms with Crippen molar-refractivity contribution in [2.45, 2.75) is 12.3 Å². The molecular weight excluding hydrogens is 398 g/mol. The lowest BCUT2D eigenvalue weighted by molar-refractivity contribution is 0.143. The minimum Gasteiger partial charge on any atom is -0.508 e. The number of halogens is 1. The van der Waals surface area contributed by atoms with Crippen molar-refractivity contribution >= 4 is 17.7 Å². The number of aromatic hydroxyl groups is 1. The summed E-state index contributed by atoms with van der Waals surface area (Å²) in [5, 5.41) is 12.5. The van der Waals surface area contributed by atoms with E-state index in [1.54, 1.807) is 6.07 Å². The number of carbonyl (C=O) groups is 1. The van der Waals surface area contributed by atoms with Crippen molar-refractivity contribution < 1.29 is 14.6 Å². The van der Waals surface area contributed by atoms with Crippen molar-refractivity contribution in [3.05, 3.63) is 88.4 Å². The summed E-state index contributed by atoms with van der Waals surface area (Å²) in [6.45, 7) is 0.661. The Balaban J connectivity index is 1.29. The van der Waals surface area contributed by atoms with Gasteiger partial charge in [0.2, 0.25) is 0 Å².